The van der Waals surface area contributed by atoms with Gasteiger partial charge in [-0.05, 0) is 43.0 Å². The van der Waals surface area contributed by atoms with Gasteiger partial charge in [-0.1, -0.05) is 43.2 Å². The highest BCUT2D eigenvalue weighted by Crippen LogP contribution is 2.18. The van der Waals surface area contributed by atoms with Gasteiger partial charge in [0.2, 0.25) is 0 Å². The van der Waals surface area contributed by atoms with Crippen molar-refractivity contribution < 1.29 is 0 Å². The van der Waals surface area contributed by atoms with Crippen molar-refractivity contribution in [3.8, 4) is 0 Å². The zero-order chi connectivity index (χ0) is 18.7. The lowest BCUT2D eigenvalue weighted by Crippen LogP contribution is -2.36. The van der Waals surface area contributed by atoms with Crippen LogP contribution in [0, 0.1) is 0 Å². The quantitative estimate of drug-likeness (QED) is 0.605. The van der Waals surface area contributed by atoms with Crippen LogP contribution >= 0.6 is 0 Å². The molecule has 0 atom stereocenters. The molecule has 5 nitrogen and oxygen atoms in total. The lowest BCUT2D eigenvalue weighted by molar-refractivity contribution is 0.726. The highest BCUT2D eigenvalue weighted by atomic mass is 15.2. The van der Waals surface area contributed by atoms with E-state index in [9.17, 15) is 0 Å². The first kappa shape index (κ1) is 19.2. The van der Waals surface area contributed by atoms with Crippen LogP contribution in [-0.2, 0) is 13.1 Å². The smallest absolute Gasteiger partial charge is 0.191 e. The minimum Gasteiger partial charge on any atom is -0.357 e. The van der Waals surface area contributed by atoms with Crippen molar-refractivity contribution in [3.05, 3.63) is 59.8 Å². The Morgan fingerprint density at radius 2 is 1.78 bits per heavy atom. The standard InChI is InChI=1S/C22H31N5/c1-2-23-22(25-17-19-10-6-5-7-11-19)26-18-20-12-13-24-21(16-20)27-14-8-3-4-9-15-27/h5-7,10-13,16H,2-4,8-9,14-15,17-18H2,1H3,(H2,23,25,26). The number of rotatable bonds is 6. The Morgan fingerprint density at radius 3 is 2.52 bits per heavy atom. The minimum atomic E-state index is 0.646. The number of nitrogens with zero attached hydrogens (tertiary/aromatic N) is 3. The van der Waals surface area contributed by atoms with Crippen molar-refractivity contribution >= 4 is 11.8 Å². The average Bonchev–Trinajstić information content (AvgIpc) is 3.01. The first-order valence-electron chi connectivity index (χ1n) is 10.1. The van der Waals surface area contributed by atoms with E-state index >= 15 is 0 Å². The van der Waals surface area contributed by atoms with Gasteiger partial charge in [0.25, 0.3) is 0 Å². The molecule has 3 rings (SSSR count). The fourth-order valence-corrected chi connectivity index (χ4v) is 3.33. The Morgan fingerprint density at radius 1 is 1.00 bits per heavy atom. The molecule has 0 spiro atoms. The second kappa shape index (κ2) is 10.6. The average molecular weight is 366 g/mol. The Hall–Kier alpha value is -2.56. The molecule has 0 bridgehead atoms. The van der Waals surface area contributed by atoms with Gasteiger partial charge in [0.15, 0.2) is 5.96 Å². The van der Waals surface area contributed by atoms with E-state index in [2.05, 4.69) is 63.8 Å². The highest BCUT2D eigenvalue weighted by molar-refractivity contribution is 5.79. The number of aliphatic imine (C=N–C) groups is 1. The van der Waals surface area contributed by atoms with Gasteiger partial charge < -0.3 is 15.5 Å². The largest absolute Gasteiger partial charge is 0.357 e. The van der Waals surface area contributed by atoms with E-state index in [1.165, 1.54) is 36.8 Å². The number of nitrogens with one attached hydrogen (secondary N) is 2. The molecule has 1 aromatic carbocycles. The zero-order valence-electron chi connectivity index (χ0n) is 16.3. The monoisotopic (exact) mass is 365 g/mol. The first-order valence-corrected chi connectivity index (χ1v) is 10.1. The summed E-state index contributed by atoms with van der Waals surface area (Å²) in [5, 5.41) is 6.73. The van der Waals surface area contributed by atoms with Crippen LogP contribution in [0.5, 0.6) is 0 Å². The molecular formula is C22H31N5. The summed E-state index contributed by atoms with van der Waals surface area (Å²) in [6.45, 7) is 6.57. The predicted molar refractivity (Wildman–Crippen MR) is 113 cm³/mol. The van der Waals surface area contributed by atoms with Gasteiger partial charge in [-0.3, -0.25) is 0 Å². The van der Waals surface area contributed by atoms with Crippen molar-refractivity contribution in [2.45, 2.75) is 45.7 Å². The molecular weight excluding hydrogens is 334 g/mol. The lowest BCUT2D eigenvalue weighted by atomic mass is 10.2. The predicted octanol–water partition coefficient (Wildman–Crippen LogP) is 3.72. The number of guanidine groups is 1. The molecule has 0 unspecified atom stereocenters. The van der Waals surface area contributed by atoms with Crippen molar-refractivity contribution in [2.24, 2.45) is 4.99 Å². The molecule has 144 valence electrons. The fourth-order valence-electron chi connectivity index (χ4n) is 3.33. The summed E-state index contributed by atoms with van der Waals surface area (Å²) < 4.78 is 0. The summed E-state index contributed by atoms with van der Waals surface area (Å²) in [4.78, 5) is 11.8. The van der Waals surface area contributed by atoms with Gasteiger partial charge in [0.1, 0.15) is 5.82 Å². The second-order valence-corrected chi connectivity index (χ2v) is 6.96. The summed E-state index contributed by atoms with van der Waals surface area (Å²) in [6.07, 6.45) is 7.10. The molecule has 0 radical (unpaired) electrons. The number of pyridine rings is 1. The van der Waals surface area contributed by atoms with E-state index < -0.39 is 0 Å². The van der Waals surface area contributed by atoms with Crippen LogP contribution < -0.4 is 15.5 Å². The van der Waals surface area contributed by atoms with E-state index in [4.69, 9.17) is 4.99 Å². The van der Waals surface area contributed by atoms with Gasteiger partial charge in [0, 0.05) is 32.4 Å². The minimum absolute atomic E-state index is 0.646. The highest BCUT2D eigenvalue weighted by Gasteiger charge is 2.11. The molecule has 1 aliphatic rings. The van der Waals surface area contributed by atoms with Crippen LogP contribution in [0.1, 0.15) is 43.7 Å². The number of aromatic nitrogens is 1. The van der Waals surface area contributed by atoms with Crippen LogP contribution in [0.3, 0.4) is 0 Å². The third kappa shape index (κ3) is 6.27. The van der Waals surface area contributed by atoms with E-state index in [0.717, 1.165) is 38.0 Å². The van der Waals surface area contributed by atoms with Crippen molar-refractivity contribution in [3.63, 3.8) is 0 Å². The Bertz CT molecular complexity index is 706. The molecule has 2 aromatic rings. The van der Waals surface area contributed by atoms with Gasteiger partial charge in [0.05, 0.1) is 6.54 Å². The van der Waals surface area contributed by atoms with Gasteiger partial charge in [-0.25, -0.2) is 9.98 Å². The van der Waals surface area contributed by atoms with Gasteiger partial charge in [-0.2, -0.15) is 0 Å². The Kier molecular flexibility index (Phi) is 7.51. The topological polar surface area (TPSA) is 52.6 Å². The molecule has 0 saturated carbocycles. The van der Waals surface area contributed by atoms with Crippen LogP contribution in [0.15, 0.2) is 53.7 Å². The molecule has 0 amide bonds. The second-order valence-electron chi connectivity index (χ2n) is 6.96. The summed E-state index contributed by atoms with van der Waals surface area (Å²) in [5.41, 5.74) is 2.44. The molecule has 5 heteroatoms. The van der Waals surface area contributed by atoms with Crippen LogP contribution in [-0.4, -0.2) is 30.6 Å². The van der Waals surface area contributed by atoms with Gasteiger partial charge >= 0.3 is 0 Å². The maximum Gasteiger partial charge on any atom is 0.191 e. The Balaban J connectivity index is 1.62. The summed E-state index contributed by atoms with van der Waals surface area (Å²) in [6, 6.07) is 14.6. The number of anilines is 1. The van der Waals surface area contributed by atoms with E-state index in [-0.39, 0.29) is 0 Å². The maximum absolute atomic E-state index is 4.75. The molecule has 2 heterocycles. The Labute approximate surface area is 162 Å². The lowest BCUT2D eigenvalue weighted by Gasteiger charge is -2.21. The molecule has 1 aromatic heterocycles. The van der Waals surface area contributed by atoms with Crippen LogP contribution in [0.4, 0.5) is 5.82 Å². The first-order chi connectivity index (χ1) is 13.3. The normalized spacial score (nSPS) is 15.3. The summed E-state index contributed by atoms with van der Waals surface area (Å²) >= 11 is 0. The third-order valence-electron chi connectivity index (χ3n) is 4.81. The molecule has 2 N–H and O–H groups in total. The van der Waals surface area contributed by atoms with Crippen molar-refractivity contribution in [1.29, 1.82) is 0 Å². The molecule has 1 fully saturated rings. The van der Waals surface area contributed by atoms with E-state index in [1.54, 1.807) is 0 Å². The third-order valence-corrected chi connectivity index (χ3v) is 4.81. The maximum atomic E-state index is 4.75. The van der Waals surface area contributed by atoms with Crippen molar-refractivity contribution in [1.82, 2.24) is 15.6 Å². The SMILES string of the molecule is CCNC(=NCc1ccnc(N2CCCCCC2)c1)NCc1ccccc1. The van der Waals surface area contributed by atoms with Crippen LogP contribution in [0.2, 0.25) is 0 Å². The molecule has 1 aliphatic heterocycles. The molecule has 1 saturated heterocycles. The molecule has 0 aliphatic carbocycles. The van der Waals surface area contributed by atoms with E-state index in [0.29, 0.717) is 6.54 Å². The zero-order valence-corrected chi connectivity index (χ0v) is 16.3. The number of hydrogen-bond donors (Lipinski definition) is 2. The van der Waals surface area contributed by atoms with Crippen LogP contribution in [0.25, 0.3) is 0 Å². The van der Waals surface area contributed by atoms with Crippen molar-refractivity contribution in [2.75, 3.05) is 24.5 Å². The van der Waals surface area contributed by atoms with Gasteiger partial charge in [-0.15, -0.1) is 0 Å². The summed E-state index contributed by atoms with van der Waals surface area (Å²) in [7, 11) is 0. The fraction of sp³-hybridized carbons (Fsp3) is 0.455. The molecule has 27 heavy (non-hydrogen) atoms. The number of hydrogen-bond acceptors (Lipinski definition) is 3. The summed E-state index contributed by atoms with van der Waals surface area (Å²) in [5.74, 6) is 1.93. The van der Waals surface area contributed by atoms with E-state index in [1.807, 2.05) is 12.3 Å². The number of benzene rings is 1.